The third kappa shape index (κ3) is 3.11. The van der Waals surface area contributed by atoms with Gasteiger partial charge in [-0.05, 0) is 13.0 Å². The number of carbonyl (C=O) groups is 1. The molecule has 0 saturated heterocycles. The minimum Gasteiger partial charge on any atom is -0.481 e. The Hall–Kier alpha value is -1.58. The minimum atomic E-state index is -0.867. The maximum atomic E-state index is 10.2. The highest BCUT2D eigenvalue weighted by molar-refractivity contribution is 5.66. The van der Waals surface area contributed by atoms with Crippen molar-refractivity contribution in [3.05, 3.63) is 23.9 Å². The number of hydrogen-bond donors (Lipinski definition) is 1. The molecular formula is C9H11NO3. The summed E-state index contributed by atoms with van der Waals surface area (Å²) in [6.45, 7) is 2.02. The van der Waals surface area contributed by atoms with E-state index >= 15 is 0 Å². The van der Waals surface area contributed by atoms with Crippen LogP contribution in [0.25, 0.3) is 0 Å². The number of hydrogen-bond acceptors (Lipinski definition) is 3. The van der Waals surface area contributed by atoms with Crippen LogP contribution < -0.4 is 4.74 Å². The van der Waals surface area contributed by atoms with Gasteiger partial charge in [-0.1, -0.05) is 6.07 Å². The number of carboxylic acid groups (broad SMARTS) is 1. The zero-order chi connectivity index (χ0) is 9.68. The Kier molecular flexibility index (Phi) is 3.25. The van der Waals surface area contributed by atoms with Crippen molar-refractivity contribution in [2.45, 2.75) is 13.3 Å². The summed E-state index contributed by atoms with van der Waals surface area (Å²) >= 11 is 0. The molecule has 0 radical (unpaired) electrons. The maximum absolute atomic E-state index is 10.2. The zero-order valence-electron chi connectivity index (χ0n) is 7.36. The molecule has 0 unspecified atom stereocenters. The largest absolute Gasteiger partial charge is 0.481 e. The first kappa shape index (κ1) is 9.51. The highest BCUT2D eigenvalue weighted by Gasteiger charge is 2.01. The average molecular weight is 181 g/mol. The van der Waals surface area contributed by atoms with E-state index in [0.29, 0.717) is 5.88 Å². The molecule has 0 atom stereocenters. The van der Waals surface area contributed by atoms with Crippen molar-refractivity contribution in [3.63, 3.8) is 0 Å². The summed E-state index contributed by atoms with van der Waals surface area (Å²) in [5, 5.41) is 8.36. The summed E-state index contributed by atoms with van der Waals surface area (Å²) in [6, 6.07) is 3.67. The van der Waals surface area contributed by atoms with Gasteiger partial charge in [-0.3, -0.25) is 4.79 Å². The first-order valence-electron chi connectivity index (χ1n) is 3.96. The maximum Gasteiger partial charge on any atom is 0.306 e. The molecule has 70 valence electrons. The Morgan fingerprint density at radius 2 is 2.46 bits per heavy atom. The van der Waals surface area contributed by atoms with Crippen LogP contribution in [0.2, 0.25) is 0 Å². The van der Waals surface area contributed by atoms with Gasteiger partial charge in [0.25, 0.3) is 0 Å². The van der Waals surface area contributed by atoms with Gasteiger partial charge in [0.2, 0.25) is 5.88 Å². The zero-order valence-corrected chi connectivity index (χ0v) is 7.36. The Labute approximate surface area is 76.2 Å². The molecule has 1 heterocycles. The highest BCUT2D eigenvalue weighted by Crippen LogP contribution is 2.11. The summed E-state index contributed by atoms with van der Waals surface area (Å²) in [5.74, 6) is -0.364. The topological polar surface area (TPSA) is 59.4 Å². The summed E-state index contributed by atoms with van der Waals surface area (Å²) in [7, 11) is 0. The molecule has 0 aliphatic carbocycles. The van der Waals surface area contributed by atoms with Gasteiger partial charge in [-0.15, -0.1) is 0 Å². The van der Waals surface area contributed by atoms with Gasteiger partial charge in [0.1, 0.15) is 6.61 Å². The smallest absolute Gasteiger partial charge is 0.306 e. The molecule has 4 heteroatoms. The predicted molar refractivity (Wildman–Crippen MR) is 46.7 cm³/mol. The molecule has 0 fully saturated rings. The van der Waals surface area contributed by atoms with Crippen molar-refractivity contribution in [1.82, 2.24) is 4.98 Å². The van der Waals surface area contributed by atoms with E-state index in [1.807, 2.05) is 13.0 Å². The Morgan fingerprint density at radius 1 is 1.69 bits per heavy atom. The number of nitrogens with zero attached hydrogens (tertiary/aromatic N) is 1. The van der Waals surface area contributed by atoms with Crippen molar-refractivity contribution in [1.29, 1.82) is 0 Å². The average Bonchev–Trinajstić information content (AvgIpc) is 2.08. The lowest BCUT2D eigenvalue weighted by molar-refractivity contribution is -0.137. The third-order valence-electron chi connectivity index (χ3n) is 1.52. The number of aliphatic carboxylic acids is 1. The van der Waals surface area contributed by atoms with Crippen LogP contribution in [0.5, 0.6) is 5.88 Å². The molecule has 1 aromatic rings. The summed E-state index contributed by atoms with van der Waals surface area (Å²) < 4.78 is 5.16. The van der Waals surface area contributed by atoms with Gasteiger partial charge >= 0.3 is 5.97 Å². The Bertz CT molecular complexity index is 299. The molecule has 13 heavy (non-hydrogen) atoms. The normalized spacial score (nSPS) is 9.62. The molecule has 4 nitrogen and oxygen atoms in total. The summed E-state index contributed by atoms with van der Waals surface area (Å²) in [6.07, 6.45) is 1.61. The third-order valence-corrected chi connectivity index (χ3v) is 1.52. The molecular weight excluding hydrogens is 170 g/mol. The molecule has 0 spiro atoms. The first-order chi connectivity index (χ1) is 6.20. The van der Waals surface area contributed by atoms with E-state index in [1.165, 1.54) is 0 Å². The van der Waals surface area contributed by atoms with E-state index in [1.54, 1.807) is 12.3 Å². The number of aromatic nitrogens is 1. The lowest BCUT2D eigenvalue weighted by Crippen LogP contribution is -2.06. The van der Waals surface area contributed by atoms with Gasteiger partial charge in [0, 0.05) is 11.8 Å². The van der Waals surface area contributed by atoms with Crippen LogP contribution in [0.1, 0.15) is 12.0 Å². The standard InChI is InChI=1S/C9H11NO3/c1-7-3-2-5-10-9(7)13-6-4-8(11)12/h2-3,5H,4,6H2,1H3,(H,11,12). The van der Waals surface area contributed by atoms with Gasteiger partial charge in [-0.2, -0.15) is 0 Å². The van der Waals surface area contributed by atoms with Crippen molar-refractivity contribution in [3.8, 4) is 5.88 Å². The number of carboxylic acids is 1. The van der Waals surface area contributed by atoms with Gasteiger partial charge in [0.15, 0.2) is 0 Å². The fraction of sp³-hybridized carbons (Fsp3) is 0.333. The van der Waals surface area contributed by atoms with Crippen LogP contribution in [-0.2, 0) is 4.79 Å². The van der Waals surface area contributed by atoms with Crippen molar-refractivity contribution in [2.75, 3.05) is 6.61 Å². The summed E-state index contributed by atoms with van der Waals surface area (Å²) in [4.78, 5) is 14.1. The van der Waals surface area contributed by atoms with Crippen molar-refractivity contribution < 1.29 is 14.6 Å². The second-order valence-electron chi connectivity index (χ2n) is 2.62. The van der Waals surface area contributed by atoms with Crippen molar-refractivity contribution in [2.24, 2.45) is 0 Å². The number of pyridine rings is 1. The fourth-order valence-corrected chi connectivity index (χ4v) is 0.857. The molecule has 0 amide bonds. The predicted octanol–water partition coefficient (Wildman–Crippen LogP) is 1.24. The van der Waals surface area contributed by atoms with E-state index in [4.69, 9.17) is 9.84 Å². The second kappa shape index (κ2) is 4.45. The van der Waals surface area contributed by atoms with Crippen LogP contribution in [0, 0.1) is 6.92 Å². The van der Waals surface area contributed by atoms with E-state index in [0.717, 1.165) is 5.56 Å². The van der Waals surface area contributed by atoms with Gasteiger partial charge in [0.05, 0.1) is 6.42 Å². The van der Waals surface area contributed by atoms with Crippen LogP contribution in [-0.4, -0.2) is 22.7 Å². The SMILES string of the molecule is Cc1cccnc1OCCC(=O)O. The molecule has 0 aliphatic heterocycles. The van der Waals surface area contributed by atoms with Crippen LogP contribution in [0.15, 0.2) is 18.3 Å². The van der Waals surface area contributed by atoms with E-state index in [9.17, 15) is 4.79 Å². The van der Waals surface area contributed by atoms with Gasteiger partial charge < -0.3 is 9.84 Å². The highest BCUT2D eigenvalue weighted by atomic mass is 16.5. The fourth-order valence-electron chi connectivity index (χ4n) is 0.857. The molecule has 1 rings (SSSR count). The molecule has 0 bridgehead atoms. The van der Waals surface area contributed by atoms with E-state index in [2.05, 4.69) is 4.98 Å². The van der Waals surface area contributed by atoms with E-state index < -0.39 is 5.97 Å². The minimum absolute atomic E-state index is 0.00395. The van der Waals surface area contributed by atoms with Gasteiger partial charge in [-0.25, -0.2) is 4.98 Å². The van der Waals surface area contributed by atoms with E-state index in [-0.39, 0.29) is 13.0 Å². The number of aryl methyl sites for hydroxylation is 1. The molecule has 0 aliphatic rings. The monoisotopic (exact) mass is 181 g/mol. The van der Waals surface area contributed by atoms with Crippen molar-refractivity contribution >= 4 is 5.97 Å². The molecule has 0 aromatic carbocycles. The Morgan fingerprint density at radius 3 is 3.08 bits per heavy atom. The lowest BCUT2D eigenvalue weighted by Gasteiger charge is -2.04. The number of rotatable bonds is 4. The molecule has 1 aromatic heterocycles. The van der Waals surface area contributed by atoms with Crippen LogP contribution in [0.4, 0.5) is 0 Å². The quantitative estimate of drug-likeness (QED) is 0.759. The first-order valence-corrected chi connectivity index (χ1v) is 3.96. The van der Waals surface area contributed by atoms with Crippen LogP contribution in [0.3, 0.4) is 0 Å². The Balaban J connectivity index is 2.45. The summed E-state index contributed by atoms with van der Waals surface area (Å²) in [5.41, 5.74) is 0.910. The van der Waals surface area contributed by atoms with Crippen LogP contribution >= 0.6 is 0 Å². The molecule has 1 N–H and O–H groups in total. The lowest BCUT2D eigenvalue weighted by atomic mass is 10.3. The molecule has 0 saturated carbocycles. The number of ether oxygens (including phenoxy) is 1. The second-order valence-corrected chi connectivity index (χ2v) is 2.62.